The maximum absolute atomic E-state index is 12.6. The van der Waals surface area contributed by atoms with E-state index in [1.807, 2.05) is 36.4 Å². The molecule has 0 saturated carbocycles. The topological polar surface area (TPSA) is 120 Å². The van der Waals surface area contributed by atoms with Crippen molar-refractivity contribution in [1.29, 1.82) is 0 Å². The van der Waals surface area contributed by atoms with Gasteiger partial charge in [-0.2, -0.15) is 18.2 Å². The Hall–Kier alpha value is -2.77. The van der Waals surface area contributed by atoms with Gasteiger partial charge in [-0.05, 0) is 74.1 Å². The molecule has 9 nitrogen and oxygen atoms in total. The number of para-hydroxylation sites is 2. The highest BCUT2D eigenvalue weighted by Crippen LogP contribution is 2.48. The van der Waals surface area contributed by atoms with Crippen LogP contribution in [0.1, 0.15) is 65.0 Å². The minimum absolute atomic E-state index is 0.0933. The Labute approximate surface area is 290 Å². The SMILES string of the molecule is CCNOS(=O)(=O)CCN1/C(=C/C=C2\CCCC(/C=C/C3[NH+](CCS(=O)(=O)[O-])c4ccccc4C3(C)C)=C2Cl)C(C)(C)c2ccccc21. The number of allylic oxidation sites excluding steroid dienone is 7. The Morgan fingerprint density at radius 3 is 2.40 bits per heavy atom. The van der Waals surface area contributed by atoms with E-state index in [2.05, 4.69) is 74.5 Å². The van der Waals surface area contributed by atoms with Gasteiger partial charge >= 0.3 is 0 Å². The van der Waals surface area contributed by atoms with Gasteiger partial charge in [0.05, 0.1) is 23.5 Å². The monoisotopic (exact) mass is 715 g/mol. The van der Waals surface area contributed by atoms with Crippen LogP contribution in [-0.2, 0) is 35.4 Å². The molecule has 2 atom stereocenters. The van der Waals surface area contributed by atoms with E-state index in [0.29, 0.717) is 11.6 Å². The summed E-state index contributed by atoms with van der Waals surface area (Å²) in [5.74, 6) is -0.622. The number of halogens is 1. The molecule has 3 aliphatic rings. The molecule has 0 radical (unpaired) electrons. The number of anilines is 1. The number of hydrogen-bond donors (Lipinski definition) is 2. The smallest absolute Gasteiger partial charge is 0.284 e. The third-order valence-corrected chi connectivity index (χ3v) is 12.1. The number of nitrogens with one attached hydrogen (secondary N) is 2. The first-order valence-electron chi connectivity index (χ1n) is 16.5. The van der Waals surface area contributed by atoms with Crippen LogP contribution in [0, 0.1) is 0 Å². The van der Waals surface area contributed by atoms with Gasteiger partial charge in [-0.3, -0.25) is 4.90 Å². The van der Waals surface area contributed by atoms with Crippen LogP contribution in [0.3, 0.4) is 0 Å². The molecule has 5 rings (SSSR count). The van der Waals surface area contributed by atoms with Crippen LogP contribution in [-0.4, -0.2) is 58.6 Å². The van der Waals surface area contributed by atoms with Crippen LogP contribution >= 0.6 is 11.6 Å². The van der Waals surface area contributed by atoms with Gasteiger partial charge in [0, 0.05) is 40.5 Å². The highest BCUT2D eigenvalue weighted by molar-refractivity contribution is 7.86. The number of nitrogens with zero attached hydrogens (tertiary/aromatic N) is 1. The van der Waals surface area contributed by atoms with Crippen molar-refractivity contribution in [2.75, 3.05) is 36.0 Å². The fourth-order valence-electron chi connectivity index (χ4n) is 7.35. The van der Waals surface area contributed by atoms with Crippen molar-refractivity contribution < 1.29 is 30.6 Å². The lowest BCUT2D eigenvalue weighted by molar-refractivity contribution is -0.847. The van der Waals surface area contributed by atoms with Crippen molar-refractivity contribution in [2.24, 2.45) is 0 Å². The molecule has 0 aromatic heterocycles. The van der Waals surface area contributed by atoms with Gasteiger partial charge in [0.1, 0.15) is 21.8 Å². The Morgan fingerprint density at radius 2 is 1.69 bits per heavy atom. The van der Waals surface area contributed by atoms with Crippen molar-refractivity contribution in [3.63, 3.8) is 0 Å². The van der Waals surface area contributed by atoms with Crippen molar-refractivity contribution >= 4 is 43.2 Å². The average molecular weight is 716 g/mol. The molecule has 260 valence electrons. The largest absolute Gasteiger partial charge is 0.748 e. The Bertz CT molecular complexity index is 1880. The molecule has 0 fully saturated rings. The quantitative estimate of drug-likeness (QED) is 0.230. The third-order valence-electron chi connectivity index (χ3n) is 9.82. The van der Waals surface area contributed by atoms with Crippen LogP contribution in [0.5, 0.6) is 0 Å². The number of hydrogen-bond acceptors (Lipinski definition) is 8. The molecule has 12 heteroatoms. The molecule has 0 spiro atoms. The molecule has 2 heterocycles. The lowest BCUT2D eigenvalue weighted by Gasteiger charge is -2.28. The van der Waals surface area contributed by atoms with Gasteiger partial charge in [0.15, 0.2) is 0 Å². The normalized spacial score (nSPS) is 23.8. The Kier molecular flexibility index (Phi) is 10.8. The van der Waals surface area contributed by atoms with E-state index in [-0.39, 0.29) is 35.7 Å². The zero-order valence-corrected chi connectivity index (χ0v) is 30.6. The van der Waals surface area contributed by atoms with Crippen LogP contribution in [0.2, 0.25) is 0 Å². The first kappa shape index (κ1) is 36.5. The number of rotatable bonds is 12. The molecular weight excluding hydrogens is 670 g/mol. The van der Waals surface area contributed by atoms with Crippen LogP contribution in [0.25, 0.3) is 0 Å². The lowest BCUT2D eigenvalue weighted by Crippen LogP contribution is -3.11. The average Bonchev–Trinajstić information content (AvgIpc) is 3.38. The van der Waals surface area contributed by atoms with Crippen molar-refractivity contribution in [3.05, 3.63) is 106 Å². The zero-order valence-electron chi connectivity index (χ0n) is 28.3. The van der Waals surface area contributed by atoms with E-state index in [4.69, 9.17) is 15.9 Å². The first-order valence-corrected chi connectivity index (χ1v) is 20.0. The second-order valence-corrected chi connectivity index (χ2v) is 17.3. The van der Waals surface area contributed by atoms with Gasteiger partial charge in [-0.1, -0.05) is 80.9 Å². The van der Waals surface area contributed by atoms with Crippen LogP contribution in [0.4, 0.5) is 11.4 Å². The van der Waals surface area contributed by atoms with E-state index < -0.39 is 26.0 Å². The highest BCUT2D eigenvalue weighted by Gasteiger charge is 2.47. The third kappa shape index (κ3) is 7.67. The molecule has 0 saturated heterocycles. The van der Waals surface area contributed by atoms with Crippen molar-refractivity contribution in [2.45, 2.75) is 70.8 Å². The number of fused-ring (bicyclic) bond motifs is 2. The van der Waals surface area contributed by atoms with Crippen LogP contribution < -0.4 is 15.3 Å². The van der Waals surface area contributed by atoms with E-state index in [1.54, 1.807) is 6.92 Å². The zero-order chi connectivity index (χ0) is 34.9. The molecule has 1 aliphatic carbocycles. The van der Waals surface area contributed by atoms with E-state index in [1.165, 1.54) is 0 Å². The Morgan fingerprint density at radius 1 is 1.00 bits per heavy atom. The van der Waals surface area contributed by atoms with Gasteiger partial charge in [0.2, 0.25) is 0 Å². The second kappa shape index (κ2) is 14.2. The molecule has 2 aliphatic heterocycles. The highest BCUT2D eigenvalue weighted by atomic mass is 35.5. The predicted octanol–water partition coefficient (Wildman–Crippen LogP) is 5.12. The molecule has 2 unspecified atom stereocenters. The maximum Gasteiger partial charge on any atom is 0.284 e. The maximum atomic E-state index is 12.6. The molecular formula is C36H46ClN3O6S2. The van der Waals surface area contributed by atoms with Crippen LogP contribution in [0.15, 0.2) is 94.7 Å². The summed E-state index contributed by atoms with van der Waals surface area (Å²) < 4.78 is 64.8. The van der Waals surface area contributed by atoms with E-state index in [9.17, 15) is 21.4 Å². The molecule has 2 aromatic rings. The number of quaternary nitrogens is 1. The summed E-state index contributed by atoms with van der Waals surface area (Å²) in [5, 5.41) is 0.688. The van der Waals surface area contributed by atoms with Gasteiger partial charge in [0.25, 0.3) is 10.1 Å². The minimum Gasteiger partial charge on any atom is -0.748 e. The summed E-state index contributed by atoms with van der Waals surface area (Å²) in [5.41, 5.74) is 9.00. The van der Waals surface area contributed by atoms with Gasteiger partial charge in [-0.15, -0.1) is 0 Å². The summed E-state index contributed by atoms with van der Waals surface area (Å²) in [7, 11) is -8.14. The fraction of sp³-hybridized carbons (Fsp3) is 0.444. The number of benzene rings is 2. The predicted molar refractivity (Wildman–Crippen MR) is 191 cm³/mol. The molecule has 2 N–H and O–H groups in total. The summed E-state index contributed by atoms with van der Waals surface area (Å²) in [6.45, 7) is 11.1. The standard InChI is InChI=1S/C36H46ClN3O6S2/c1-6-38-46-48(44,45)25-23-40-31-17-10-8-15-29(31)36(4,5)33(40)21-19-27-13-11-12-26(34(27)37)18-20-32-35(2,3)28-14-7-9-16-30(28)39(32)22-24-47(41,42)43/h7-10,14-21,32,38H,6,11-13,22-25H2,1-5H3,(H,41,42,43)/b20-18+,27-19+,33-21+. The molecule has 0 amide bonds. The van der Waals surface area contributed by atoms with Crippen molar-refractivity contribution in [3.8, 4) is 0 Å². The molecule has 2 aromatic carbocycles. The summed E-state index contributed by atoms with van der Waals surface area (Å²) in [6, 6.07) is 16.0. The number of hydroxylamine groups is 1. The lowest BCUT2D eigenvalue weighted by atomic mass is 9.80. The second-order valence-electron chi connectivity index (χ2n) is 13.7. The van der Waals surface area contributed by atoms with Gasteiger partial charge in [-0.25, -0.2) is 8.42 Å². The van der Waals surface area contributed by atoms with Gasteiger partial charge < -0.3 is 9.45 Å². The molecule has 48 heavy (non-hydrogen) atoms. The fourth-order valence-corrected chi connectivity index (χ4v) is 8.92. The van der Waals surface area contributed by atoms with E-state index in [0.717, 1.165) is 63.5 Å². The van der Waals surface area contributed by atoms with E-state index >= 15 is 0 Å². The van der Waals surface area contributed by atoms with Crippen molar-refractivity contribution in [1.82, 2.24) is 5.48 Å². The summed E-state index contributed by atoms with van der Waals surface area (Å²) >= 11 is 7.09. The molecule has 0 bridgehead atoms. The Balaban J connectivity index is 1.45. The summed E-state index contributed by atoms with van der Waals surface area (Å²) in [6.07, 6.45) is 10.8. The summed E-state index contributed by atoms with van der Waals surface area (Å²) in [4.78, 5) is 3.01. The minimum atomic E-state index is -4.37. The first-order chi connectivity index (χ1) is 22.6.